The Morgan fingerprint density at radius 2 is 1.85 bits per heavy atom. The summed E-state index contributed by atoms with van der Waals surface area (Å²) >= 11 is 3.47. The first-order valence-electron chi connectivity index (χ1n) is 8.51. The van der Waals surface area contributed by atoms with E-state index in [9.17, 15) is 9.59 Å². The van der Waals surface area contributed by atoms with Crippen molar-refractivity contribution in [2.45, 2.75) is 38.5 Å². The van der Waals surface area contributed by atoms with E-state index in [1.807, 2.05) is 24.3 Å². The predicted octanol–water partition coefficient (Wildman–Crippen LogP) is 3.85. The van der Waals surface area contributed by atoms with Crippen LogP contribution in [0, 0.1) is 0 Å². The lowest BCUT2D eigenvalue weighted by atomic mass is 10.2. The van der Waals surface area contributed by atoms with Crippen molar-refractivity contribution in [1.82, 2.24) is 5.32 Å². The van der Waals surface area contributed by atoms with E-state index in [2.05, 4.69) is 21.2 Å². The van der Waals surface area contributed by atoms with Gasteiger partial charge in [-0.2, -0.15) is 0 Å². The van der Waals surface area contributed by atoms with Crippen molar-refractivity contribution >= 4 is 27.8 Å². The number of para-hydroxylation sites is 1. The smallest absolute Gasteiger partial charge is 0.342 e. The van der Waals surface area contributed by atoms with Crippen LogP contribution in [0.25, 0.3) is 0 Å². The van der Waals surface area contributed by atoms with Crippen LogP contribution in [-0.2, 0) is 16.1 Å². The molecule has 0 aromatic heterocycles. The van der Waals surface area contributed by atoms with E-state index in [-0.39, 0.29) is 11.9 Å². The van der Waals surface area contributed by atoms with Crippen molar-refractivity contribution < 1.29 is 19.1 Å². The van der Waals surface area contributed by atoms with Gasteiger partial charge in [-0.05, 0) is 38.0 Å². The lowest BCUT2D eigenvalue weighted by Crippen LogP contribution is -2.37. The molecule has 1 N–H and O–H groups in total. The number of hydrogen-bond donors (Lipinski definition) is 1. The first-order chi connectivity index (χ1) is 12.5. The summed E-state index contributed by atoms with van der Waals surface area (Å²) in [5.41, 5.74) is 1.26. The summed E-state index contributed by atoms with van der Waals surface area (Å²) in [6, 6.07) is 14.8. The highest BCUT2D eigenvalue weighted by molar-refractivity contribution is 9.10. The standard InChI is InChI=1S/C20H20BrNO4/c1-13(19(23)22-15-10-11-15)26-20(24)16-7-3-5-9-18(16)25-12-14-6-2-4-8-17(14)21/h2-9,13,15H,10-12H2,1H3,(H,22,23)/t13-/m0/s1. The highest BCUT2D eigenvalue weighted by atomic mass is 79.9. The topological polar surface area (TPSA) is 64.6 Å². The van der Waals surface area contributed by atoms with Crippen LogP contribution in [0.1, 0.15) is 35.7 Å². The second kappa shape index (κ2) is 8.36. The Balaban J connectivity index is 1.64. The normalized spacial score (nSPS) is 14.4. The maximum atomic E-state index is 12.5. The Labute approximate surface area is 160 Å². The monoisotopic (exact) mass is 417 g/mol. The van der Waals surface area contributed by atoms with E-state index < -0.39 is 12.1 Å². The van der Waals surface area contributed by atoms with Gasteiger partial charge in [0.2, 0.25) is 0 Å². The fraction of sp³-hybridized carbons (Fsp3) is 0.300. The molecule has 2 aromatic rings. The minimum Gasteiger partial charge on any atom is -0.488 e. The van der Waals surface area contributed by atoms with Gasteiger partial charge < -0.3 is 14.8 Å². The Hall–Kier alpha value is -2.34. The van der Waals surface area contributed by atoms with Crippen LogP contribution in [-0.4, -0.2) is 24.0 Å². The SMILES string of the molecule is C[C@H](OC(=O)c1ccccc1OCc1ccccc1Br)C(=O)NC1CC1. The number of ether oxygens (including phenoxy) is 2. The third-order valence-corrected chi connectivity index (χ3v) is 4.80. The van der Waals surface area contributed by atoms with Gasteiger partial charge in [-0.25, -0.2) is 4.79 Å². The van der Waals surface area contributed by atoms with Crippen LogP contribution < -0.4 is 10.1 Å². The molecule has 0 saturated heterocycles. The molecule has 0 aliphatic heterocycles. The summed E-state index contributed by atoms with van der Waals surface area (Å²) in [5.74, 6) is -0.429. The van der Waals surface area contributed by atoms with Gasteiger partial charge in [-0.3, -0.25) is 4.79 Å². The van der Waals surface area contributed by atoms with Crippen molar-refractivity contribution in [1.29, 1.82) is 0 Å². The van der Waals surface area contributed by atoms with E-state index >= 15 is 0 Å². The number of halogens is 1. The molecular formula is C20H20BrNO4. The summed E-state index contributed by atoms with van der Waals surface area (Å²) in [6.07, 6.45) is 1.12. The van der Waals surface area contributed by atoms with Gasteiger partial charge in [-0.1, -0.05) is 46.3 Å². The minimum absolute atomic E-state index is 0.226. The highest BCUT2D eigenvalue weighted by Gasteiger charge is 2.28. The van der Waals surface area contributed by atoms with E-state index in [1.54, 1.807) is 31.2 Å². The second-order valence-corrected chi connectivity index (χ2v) is 7.06. The number of hydrogen-bond acceptors (Lipinski definition) is 4. The zero-order valence-corrected chi connectivity index (χ0v) is 16.0. The Kier molecular flexibility index (Phi) is 5.93. The lowest BCUT2D eigenvalue weighted by Gasteiger charge is -2.15. The molecule has 2 aromatic carbocycles. The lowest BCUT2D eigenvalue weighted by molar-refractivity contribution is -0.129. The average Bonchev–Trinajstić information content (AvgIpc) is 3.45. The van der Waals surface area contributed by atoms with Gasteiger partial charge in [0.1, 0.15) is 17.9 Å². The molecule has 0 unspecified atom stereocenters. The summed E-state index contributed by atoms with van der Waals surface area (Å²) in [4.78, 5) is 24.4. The summed E-state index contributed by atoms with van der Waals surface area (Å²) in [6.45, 7) is 1.88. The molecule has 1 atom stereocenters. The Morgan fingerprint density at radius 1 is 1.15 bits per heavy atom. The van der Waals surface area contributed by atoms with E-state index in [1.165, 1.54) is 0 Å². The molecule has 26 heavy (non-hydrogen) atoms. The van der Waals surface area contributed by atoms with Crippen molar-refractivity contribution in [3.05, 3.63) is 64.1 Å². The molecule has 1 aliphatic rings. The maximum absolute atomic E-state index is 12.5. The summed E-state index contributed by atoms with van der Waals surface area (Å²) < 4.78 is 12.0. The first-order valence-corrected chi connectivity index (χ1v) is 9.30. The number of carbonyl (C=O) groups is 2. The molecular weight excluding hydrogens is 398 g/mol. The van der Waals surface area contributed by atoms with Crippen LogP contribution in [0.3, 0.4) is 0 Å². The van der Waals surface area contributed by atoms with Crippen molar-refractivity contribution in [3.63, 3.8) is 0 Å². The van der Waals surface area contributed by atoms with Gasteiger partial charge in [0.05, 0.1) is 0 Å². The summed E-state index contributed by atoms with van der Waals surface area (Å²) in [7, 11) is 0. The molecule has 1 aliphatic carbocycles. The molecule has 5 nitrogen and oxygen atoms in total. The fourth-order valence-corrected chi connectivity index (χ4v) is 2.76. The van der Waals surface area contributed by atoms with Crippen molar-refractivity contribution in [3.8, 4) is 5.75 Å². The van der Waals surface area contributed by atoms with Gasteiger partial charge in [-0.15, -0.1) is 0 Å². The number of nitrogens with one attached hydrogen (secondary N) is 1. The third kappa shape index (κ3) is 4.85. The molecule has 3 rings (SSSR count). The summed E-state index contributed by atoms with van der Waals surface area (Å²) in [5, 5.41) is 2.83. The minimum atomic E-state index is -0.848. The molecule has 0 heterocycles. The van der Waals surface area contributed by atoms with Crippen LogP contribution >= 0.6 is 15.9 Å². The van der Waals surface area contributed by atoms with Gasteiger partial charge in [0.15, 0.2) is 6.10 Å². The number of rotatable bonds is 7. The van der Waals surface area contributed by atoms with Gasteiger partial charge in [0, 0.05) is 16.1 Å². The molecule has 0 spiro atoms. The first kappa shape index (κ1) is 18.5. The van der Waals surface area contributed by atoms with Crippen molar-refractivity contribution in [2.24, 2.45) is 0 Å². The molecule has 1 fully saturated rings. The molecule has 136 valence electrons. The molecule has 1 saturated carbocycles. The molecule has 6 heteroatoms. The van der Waals surface area contributed by atoms with Crippen LogP contribution in [0.5, 0.6) is 5.75 Å². The highest BCUT2D eigenvalue weighted by Crippen LogP contribution is 2.23. The number of esters is 1. The number of carbonyl (C=O) groups excluding carboxylic acids is 2. The van der Waals surface area contributed by atoms with Crippen LogP contribution in [0.15, 0.2) is 53.0 Å². The van der Waals surface area contributed by atoms with E-state index in [4.69, 9.17) is 9.47 Å². The van der Waals surface area contributed by atoms with Crippen molar-refractivity contribution in [2.75, 3.05) is 0 Å². The molecule has 1 amide bonds. The predicted molar refractivity (Wildman–Crippen MR) is 101 cm³/mol. The fourth-order valence-electron chi connectivity index (χ4n) is 2.36. The van der Waals surface area contributed by atoms with Crippen LogP contribution in [0.2, 0.25) is 0 Å². The maximum Gasteiger partial charge on any atom is 0.342 e. The molecule has 0 radical (unpaired) electrons. The quantitative estimate of drug-likeness (QED) is 0.694. The largest absolute Gasteiger partial charge is 0.488 e. The van der Waals surface area contributed by atoms with Gasteiger partial charge in [0.25, 0.3) is 5.91 Å². The van der Waals surface area contributed by atoms with Crippen LogP contribution in [0.4, 0.5) is 0 Å². The third-order valence-electron chi connectivity index (χ3n) is 4.02. The van der Waals surface area contributed by atoms with Gasteiger partial charge >= 0.3 is 5.97 Å². The number of benzene rings is 2. The van der Waals surface area contributed by atoms with E-state index in [0.29, 0.717) is 17.9 Å². The zero-order chi connectivity index (χ0) is 18.5. The van der Waals surface area contributed by atoms with E-state index in [0.717, 1.165) is 22.9 Å². The Bertz CT molecular complexity index is 804. The number of amides is 1. The second-order valence-electron chi connectivity index (χ2n) is 6.21. The zero-order valence-electron chi connectivity index (χ0n) is 14.4. The Morgan fingerprint density at radius 3 is 2.58 bits per heavy atom. The molecule has 0 bridgehead atoms. The average molecular weight is 418 g/mol.